The van der Waals surface area contributed by atoms with Crippen LogP contribution in [0.15, 0.2) is 43.1 Å². The van der Waals surface area contributed by atoms with Crippen LogP contribution in [-0.2, 0) is 39.7 Å². The zero-order valence-electron chi connectivity index (χ0n) is 37.0. The first-order valence-corrected chi connectivity index (χ1v) is 21.9. The van der Waals surface area contributed by atoms with Crippen LogP contribution in [0.25, 0.3) is 11.1 Å². The summed E-state index contributed by atoms with van der Waals surface area (Å²) in [5.74, 6) is 1.28. The lowest BCUT2D eigenvalue weighted by atomic mass is 9.89. The summed E-state index contributed by atoms with van der Waals surface area (Å²) in [5.41, 5.74) is 2.63. The molecule has 1 aromatic carbocycles. The lowest BCUT2D eigenvalue weighted by Crippen LogP contribution is -2.51. The molecule has 4 aromatic rings. The Kier molecular flexibility index (Phi) is 19.7. The SMILES string of the molecule is COCCOCCOCCOCCOCCOCCOc1nn([C@H]2CC[C@H](N3C[C@@H](C)O[C@@H](C)C3)CC2)cc1Nc1ncc(-c2ccc(C#N)c(O[C@@H](C)Cn3cnnn3)c2)cn1. The van der Waals surface area contributed by atoms with Gasteiger partial charge in [-0.05, 0) is 74.6 Å². The number of benzene rings is 1. The fourth-order valence-electron chi connectivity index (χ4n) is 7.61. The van der Waals surface area contributed by atoms with E-state index in [4.69, 9.17) is 47.7 Å². The van der Waals surface area contributed by atoms with Crippen molar-refractivity contribution in [2.45, 2.75) is 83.4 Å². The van der Waals surface area contributed by atoms with Gasteiger partial charge in [-0.15, -0.1) is 10.2 Å². The maximum absolute atomic E-state index is 9.75. The van der Waals surface area contributed by atoms with E-state index in [0.29, 0.717) is 121 Å². The predicted molar refractivity (Wildman–Crippen MR) is 230 cm³/mol. The van der Waals surface area contributed by atoms with E-state index in [0.717, 1.165) is 49.9 Å². The molecule has 0 unspecified atom stereocenters. The summed E-state index contributed by atoms with van der Waals surface area (Å²) in [6, 6.07) is 8.37. The van der Waals surface area contributed by atoms with Crippen LogP contribution in [0.2, 0.25) is 0 Å². The van der Waals surface area contributed by atoms with Crippen molar-refractivity contribution in [1.82, 2.24) is 44.9 Å². The van der Waals surface area contributed by atoms with E-state index < -0.39 is 0 Å². The van der Waals surface area contributed by atoms with Gasteiger partial charge in [-0.2, -0.15) is 5.26 Å². The van der Waals surface area contributed by atoms with Crippen molar-refractivity contribution in [2.75, 3.05) is 105 Å². The number of methoxy groups -OCH3 is 1. The number of tetrazole rings is 1. The van der Waals surface area contributed by atoms with Crippen LogP contribution in [-0.4, -0.2) is 169 Å². The number of nitriles is 1. The molecule has 2 fully saturated rings. The van der Waals surface area contributed by atoms with Gasteiger partial charge in [0.15, 0.2) is 0 Å². The number of aromatic nitrogens is 8. The lowest BCUT2D eigenvalue weighted by Gasteiger charge is -2.42. The van der Waals surface area contributed by atoms with Crippen molar-refractivity contribution in [3.8, 4) is 28.8 Å². The summed E-state index contributed by atoms with van der Waals surface area (Å²) in [7, 11) is 1.64. The van der Waals surface area contributed by atoms with Crippen LogP contribution >= 0.6 is 0 Å². The number of morpholine rings is 1. The molecule has 0 bridgehead atoms. The first-order chi connectivity index (χ1) is 30.9. The number of ether oxygens (including phenoxy) is 9. The first-order valence-electron chi connectivity index (χ1n) is 21.9. The maximum Gasteiger partial charge on any atom is 0.257 e. The Morgan fingerprint density at radius 1 is 0.810 bits per heavy atom. The molecule has 20 nitrogen and oxygen atoms in total. The number of hydrogen-bond donors (Lipinski definition) is 1. The minimum atomic E-state index is -0.292. The van der Waals surface area contributed by atoms with Crippen molar-refractivity contribution < 1.29 is 42.6 Å². The van der Waals surface area contributed by atoms with Crippen LogP contribution < -0.4 is 14.8 Å². The summed E-state index contributed by atoms with van der Waals surface area (Å²) < 4.78 is 54.7. The highest BCUT2D eigenvalue weighted by Crippen LogP contribution is 2.35. The molecule has 3 atom stereocenters. The van der Waals surface area contributed by atoms with Gasteiger partial charge in [-0.1, -0.05) is 6.07 Å². The van der Waals surface area contributed by atoms with Crippen molar-refractivity contribution in [3.05, 3.63) is 48.7 Å². The van der Waals surface area contributed by atoms with E-state index in [2.05, 4.69) is 55.6 Å². The van der Waals surface area contributed by atoms with E-state index in [1.165, 1.54) is 6.33 Å². The lowest BCUT2D eigenvalue weighted by molar-refractivity contribution is -0.0852. The van der Waals surface area contributed by atoms with Gasteiger partial charge in [-0.3, -0.25) is 9.58 Å². The van der Waals surface area contributed by atoms with E-state index in [1.54, 1.807) is 30.3 Å². The average Bonchev–Trinajstić information content (AvgIpc) is 3.95. The molecule has 0 spiro atoms. The van der Waals surface area contributed by atoms with Gasteiger partial charge < -0.3 is 47.9 Å². The molecule has 6 rings (SSSR count). The molecule has 1 aliphatic carbocycles. The van der Waals surface area contributed by atoms with Gasteiger partial charge in [0.05, 0.1) is 109 Å². The third kappa shape index (κ3) is 15.7. The highest BCUT2D eigenvalue weighted by molar-refractivity contribution is 5.67. The Morgan fingerprint density at radius 3 is 2.00 bits per heavy atom. The predicted octanol–water partition coefficient (Wildman–Crippen LogP) is 4.11. The number of anilines is 2. The molecule has 0 radical (unpaired) electrons. The minimum absolute atomic E-state index is 0.234. The first kappa shape index (κ1) is 47.6. The highest BCUT2D eigenvalue weighted by atomic mass is 16.6. The number of nitrogens with zero attached hydrogens (tertiary/aromatic N) is 10. The Hall–Kier alpha value is -4.85. The van der Waals surface area contributed by atoms with Gasteiger partial charge >= 0.3 is 0 Å². The molecule has 4 heterocycles. The molecule has 1 N–H and O–H groups in total. The Bertz CT molecular complexity index is 1910. The highest BCUT2D eigenvalue weighted by Gasteiger charge is 2.32. The standard InChI is InChI=1S/C43H63N11O9/c1-32-27-52(28-33(2)62-32)38-7-9-39(10-8-38)54-30-40(42(49-54)61-22-21-60-20-19-59-18-17-58-16-15-57-14-13-56-12-11-55-4)48-43-45-25-37(26-46-43)35-5-6-36(24-44)41(23-35)63-34(3)29-53-31-47-50-51-53/h5-6,23,25-26,30-34,38-39H,7-22,27-29H2,1-4H3,(H,45,46,48)/t32-,33+,34-,38-,39-/m0/s1. The molecule has 1 saturated heterocycles. The third-order valence-corrected chi connectivity index (χ3v) is 10.6. The largest absolute Gasteiger partial charge is 0.487 e. The summed E-state index contributed by atoms with van der Waals surface area (Å²) in [6.07, 6.45) is 11.4. The summed E-state index contributed by atoms with van der Waals surface area (Å²) in [4.78, 5) is 11.9. The zero-order valence-corrected chi connectivity index (χ0v) is 37.0. The number of hydrogen-bond acceptors (Lipinski definition) is 18. The number of nitrogens with one attached hydrogen (secondary N) is 1. The summed E-state index contributed by atoms with van der Waals surface area (Å²) in [5, 5.41) is 29.2. The molecule has 1 aliphatic heterocycles. The van der Waals surface area contributed by atoms with E-state index >= 15 is 0 Å². The zero-order chi connectivity index (χ0) is 44.1. The monoisotopic (exact) mass is 877 g/mol. The molecule has 3 aromatic heterocycles. The van der Waals surface area contributed by atoms with Gasteiger partial charge in [-0.25, -0.2) is 14.6 Å². The van der Waals surface area contributed by atoms with Gasteiger partial charge in [0, 0.05) is 44.2 Å². The average molecular weight is 878 g/mol. The smallest absolute Gasteiger partial charge is 0.257 e. The molecular weight excluding hydrogens is 815 g/mol. The Labute approximate surface area is 369 Å². The quantitative estimate of drug-likeness (QED) is 0.0796. The molecule has 63 heavy (non-hydrogen) atoms. The normalized spacial score (nSPS) is 19.7. The molecule has 2 aliphatic rings. The molecule has 344 valence electrons. The van der Waals surface area contributed by atoms with Gasteiger partial charge in [0.25, 0.3) is 5.88 Å². The fourth-order valence-corrected chi connectivity index (χ4v) is 7.61. The number of rotatable bonds is 28. The van der Waals surface area contributed by atoms with Crippen LogP contribution in [0.1, 0.15) is 58.1 Å². The van der Waals surface area contributed by atoms with Crippen molar-refractivity contribution in [1.29, 1.82) is 5.26 Å². The molecule has 0 amide bonds. The van der Waals surface area contributed by atoms with Crippen LogP contribution in [0.5, 0.6) is 11.6 Å². The van der Waals surface area contributed by atoms with E-state index in [9.17, 15) is 5.26 Å². The maximum atomic E-state index is 9.75. The fraction of sp³-hybridized carbons (Fsp3) is 0.651. The Morgan fingerprint density at radius 2 is 1.41 bits per heavy atom. The molecule has 20 heteroatoms. The van der Waals surface area contributed by atoms with E-state index in [-0.39, 0.29) is 24.4 Å². The second kappa shape index (κ2) is 26.1. The second-order valence-corrected chi connectivity index (χ2v) is 15.6. The van der Waals surface area contributed by atoms with Crippen LogP contribution in [0.4, 0.5) is 11.6 Å². The van der Waals surface area contributed by atoms with Crippen molar-refractivity contribution in [3.63, 3.8) is 0 Å². The minimum Gasteiger partial charge on any atom is -0.487 e. The van der Waals surface area contributed by atoms with E-state index in [1.807, 2.05) is 29.9 Å². The van der Waals surface area contributed by atoms with Crippen molar-refractivity contribution in [2.24, 2.45) is 0 Å². The van der Waals surface area contributed by atoms with Crippen molar-refractivity contribution >= 4 is 11.6 Å². The Balaban J connectivity index is 0.989. The topological polar surface area (TPSA) is 209 Å². The van der Waals surface area contributed by atoms with Crippen LogP contribution in [0, 0.1) is 11.3 Å². The van der Waals surface area contributed by atoms with Crippen LogP contribution in [0.3, 0.4) is 0 Å². The van der Waals surface area contributed by atoms with Gasteiger partial charge in [0.2, 0.25) is 5.95 Å². The third-order valence-electron chi connectivity index (χ3n) is 10.6. The summed E-state index contributed by atoms with van der Waals surface area (Å²) in [6.45, 7) is 14.2. The molecular formula is C43H63N11O9. The summed E-state index contributed by atoms with van der Waals surface area (Å²) >= 11 is 0. The molecule has 1 saturated carbocycles. The van der Waals surface area contributed by atoms with Gasteiger partial charge in [0.1, 0.15) is 36.5 Å². The second-order valence-electron chi connectivity index (χ2n) is 15.6.